The van der Waals surface area contributed by atoms with Crippen LogP contribution in [0.3, 0.4) is 0 Å². The minimum atomic E-state index is -0.180. The number of benzene rings is 2. The van der Waals surface area contributed by atoms with Gasteiger partial charge in [-0.25, -0.2) is 5.43 Å². The predicted octanol–water partition coefficient (Wildman–Crippen LogP) is 5.03. The zero-order valence-corrected chi connectivity index (χ0v) is 18.2. The van der Waals surface area contributed by atoms with Gasteiger partial charge in [0, 0.05) is 10.8 Å². The maximum absolute atomic E-state index is 11.9. The van der Waals surface area contributed by atoms with Crippen molar-refractivity contribution in [2.24, 2.45) is 5.10 Å². The van der Waals surface area contributed by atoms with E-state index in [2.05, 4.69) is 20.7 Å². The average molecular weight is 449 g/mol. The van der Waals surface area contributed by atoms with Crippen molar-refractivity contribution in [2.75, 3.05) is 5.75 Å². The maximum atomic E-state index is 11.9. The molecule has 0 saturated heterocycles. The van der Waals surface area contributed by atoms with Crippen molar-refractivity contribution in [3.63, 3.8) is 0 Å². The van der Waals surface area contributed by atoms with Gasteiger partial charge in [0.2, 0.25) is 0 Å². The zero-order chi connectivity index (χ0) is 19.8. The van der Waals surface area contributed by atoms with Crippen LogP contribution in [0.1, 0.15) is 16.7 Å². The smallest absolute Gasteiger partial charge is 0.250 e. The molecule has 144 valence electrons. The van der Waals surface area contributed by atoms with E-state index in [0.29, 0.717) is 0 Å². The van der Waals surface area contributed by atoms with E-state index in [1.54, 1.807) is 18.0 Å². The number of hydrogen-bond donors (Lipinski definition) is 1. The van der Waals surface area contributed by atoms with Crippen LogP contribution in [0.15, 0.2) is 62.3 Å². The van der Waals surface area contributed by atoms with Crippen LogP contribution in [0.4, 0.5) is 0 Å². The van der Waals surface area contributed by atoms with Gasteiger partial charge in [-0.1, -0.05) is 82.9 Å². The lowest BCUT2D eigenvalue weighted by molar-refractivity contribution is -0.118. The molecule has 2 aromatic carbocycles. The number of hydrogen-bond acceptors (Lipinski definition) is 7. The minimum absolute atomic E-state index is 0.180. The second-order valence-corrected chi connectivity index (χ2v) is 9.55. The van der Waals surface area contributed by atoms with Gasteiger partial charge in [-0.05, 0) is 35.7 Å². The molecule has 0 unspecified atom stereocenters. The fourth-order valence-corrected chi connectivity index (χ4v) is 5.00. The Bertz CT molecular complexity index is 960. The SMILES string of the molecule is Cc1ccccc1/C=N\NC(=O)CSc1nnc(SCc2ccc(Cl)cc2)s1. The molecular weight excluding hydrogens is 432 g/mol. The van der Waals surface area contributed by atoms with Crippen LogP contribution in [0, 0.1) is 6.92 Å². The summed E-state index contributed by atoms with van der Waals surface area (Å²) >= 11 is 10.3. The Balaban J connectivity index is 1.41. The number of halogens is 1. The molecule has 3 aromatic rings. The number of rotatable bonds is 8. The molecule has 0 spiro atoms. The summed E-state index contributed by atoms with van der Waals surface area (Å²) in [5.74, 6) is 0.854. The Morgan fingerprint density at radius 3 is 2.61 bits per heavy atom. The first kappa shape index (κ1) is 20.9. The van der Waals surface area contributed by atoms with E-state index in [1.165, 1.54) is 28.7 Å². The largest absolute Gasteiger partial charge is 0.272 e. The number of carbonyl (C=O) groups excluding carboxylic acids is 1. The third-order valence-electron chi connectivity index (χ3n) is 3.57. The van der Waals surface area contributed by atoms with E-state index in [4.69, 9.17) is 11.6 Å². The van der Waals surface area contributed by atoms with E-state index in [-0.39, 0.29) is 11.7 Å². The lowest BCUT2D eigenvalue weighted by Gasteiger charge is -1.99. The van der Waals surface area contributed by atoms with Crippen LogP contribution < -0.4 is 5.43 Å². The van der Waals surface area contributed by atoms with Gasteiger partial charge < -0.3 is 0 Å². The normalized spacial score (nSPS) is 11.1. The van der Waals surface area contributed by atoms with Crippen LogP contribution in [0.2, 0.25) is 5.02 Å². The number of amides is 1. The molecule has 5 nitrogen and oxygen atoms in total. The van der Waals surface area contributed by atoms with Crippen LogP contribution in [0.25, 0.3) is 0 Å². The molecule has 0 bridgehead atoms. The summed E-state index contributed by atoms with van der Waals surface area (Å²) in [6.45, 7) is 2.00. The van der Waals surface area contributed by atoms with E-state index >= 15 is 0 Å². The van der Waals surface area contributed by atoms with E-state index in [9.17, 15) is 4.79 Å². The summed E-state index contributed by atoms with van der Waals surface area (Å²) in [7, 11) is 0. The number of thioether (sulfide) groups is 2. The van der Waals surface area contributed by atoms with E-state index in [0.717, 1.165) is 30.6 Å². The molecular formula is C19H17ClN4OS3. The first-order valence-electron chi connectivity index (χ1n) is 8.31. The van der Waals surface area contributed by atoms with Crippen molar-refractivity contribution in [3.8, 4) is 0 Å². The predicted molar refractivity (Wildman–Crippen MR) is 119 cm³/mol. The highest BCUT2D eigenvalue weighted by atomic mass is 35.5. The molecule has 0 atom stereocenters. The van der Waals surface area contributed by atoms with E-state index in [1.807, 2.05) is 55.5 Å². The Morgan fingerprint density at radius 2 is 1.86 bits per heavy atom. The quantitative estimate of drug-likeness (QED) is 0.297. The van der Waals surface area contributed by atoms with Gasteiger partial charge in [0.1, 0.15) is 0 Å². The highest BCUT2D eigenvalue weighted by molar-refractivity contribution is 8.03. The third kappa shape index (κ3) is 6.63. The molecule has 3 rings (SSSR count). The molecule has 0 aliphatic carbocycles. The zero-order valence-electron chi connectivity index (χ0n) is 15.0. The van der Waals surface area contributed by atoms with Gasteiger partial charge in [-0.3, -0.25) is 4.79 Å². The van der Waals surface area contributed by atoms with Crippen molar-refractivity contribution in [1.82, 2.24) is 15.6 Å². The Hall–Kier alpha value is -1.87. The summed E-state index contributed by atoms with van der Waals surface area (Å²) < 4.78 is 1.63. The number of aryl methyl sites for hydroxylation is 1. The van der Waals surface area contributed by atoms with Crippen molar-refractivity contribution < 1.29 is 4.79 Å². The van der Waals surface area contributed by atoms with Crippen molar-refractivity contribution >= 4 is 58.6 Å². The number of hydrazone groups is 1. The molecule has 28 heavy (non-hydrogen) atoms. The first-order chi connectivity index (χ1) is 13.6. The monoisotopic (exact) mass is 448 g/mol. The topological polar surface area (TPSA) is 67.2 Å². The molecule has 0 aliphatic rings. The van der Waals surface area contributed by atoms with Crippen LogP contribution in [-0.2, 0) is 10.5 Å². The lowest BCUT2D eigenvalue weighted by Crippen LogP contribution is -2.19. The van der Waals surface area contributed by atoms with Gasteiger partial charge in [0.25, 0.3) is 5.91 Å². The van der Waals surface area contributed by atoms with Crippen LogP contribution >= 0.6 is 46.5 Å². The Labute approximate surface area is 181 Å². The molecule has 0 radical (unpaired) electrons. The first-order valence-corrected chi connectivity index (χ1v) is 11.5. The molecule has 9 heteroatoms. The molecule has 1 amide bonds. The Morgan fingerprint density at radius 1 is 1.14 bits per heavy atom. The standard InChI is InChI=1S/C19H17ClN4OS3/c1-13-4-2-3-5-15(13)10-21-22-17(25)12-27-19-24-23-18(28-19)26-11-14-6-8-16(20)9-7-14/h2-10H,11-12H2,1H3,(H,22,25)/b21-10-. The summed E-state index contributed by atoms with van der Waals surface area (Å²) in [6, 6.07) is 15.6. The summed E-state index contributed by atoms with van der Waals surface area (Å²) in [4.78, 5) is 11.9. The maximum Gasteiger partial charge on any atom is 0.250 e. The fraction of sp³-hybridized carbons (Fsp3) is 0.158. The van der Waals surface area contributed by atoms with Crippen molar-refractivity contribution in [3.05, 3.63) is 70.2 Å². The summed E-state index contributed by atoms with van der Waals surface area (Å²) in [6.07, 6.45) is 1.65. The molecule has 1 aromatic heterocycles. The number of nitrogens with zero attached hydrogens (tertiary/aromatic N) is 3. The summed E-state index contributed by atoms with van der Waals surface area (Å²) in [5.41, 5.74) is 5.79. The van der Waals surface area contributed by atoms with Gasteiger partial charge in [-0.2, -0.15) is 5.10 Å². The Kier molecular flexibility index (Phi) is 7.90. The van der Waals surface area contributed by atoms with Crippen LogP contribution in [-0.4, -0.2) is 28.1 Å². The van der Waals surface area contributed by atoms with Crippen molar-refractivity contribution in [2.45, 2.75) is 21.4 Å². The molecule has 1 heterocycles. The van der Waals surface area contributed by atoms with E-state index < -0.39 is 0 Å². The number of carbonyl (C=O) groups is 1. The second kappa shape index (κ2) is 10.6. The minimum Gasteiger partial charge on any atom is -0.272 e. The third-order valence-corrected chi connectivity index (χ3v) is 7.08. The summed E-state index contributed by atoms with van der Waals surface area (Å²) in [5, 5.41) is 13.0. The van der Waals surface area contributed by atoms with Gasteiger partial charge >= 0.3 is 0 Å². The highest BCUT2D eigenvalue weighted by Gasteiger charge is 2.08. The molecule has 0 fully saturated rings. The average Bonchev–Trinajstić information content (AvgIpc) is 3.15. The number of nitrogens with one attached hydrogen (secondary N) is 1. The lowest BCUT2D eigenvalue weighted by atomic mass is 10.1. The molecule has 0 aliphatic heterocycles. The second-order valence-electron chi connectivity index (χ2n) is 5.69. The van der Waals surface area contributed by atoms with Crippen molar-refractivity contribution in [1.29, 1.82) is 0 Å². The van der Waals surface area contributed by atoms with Gasteiger partial charge in [0.05, 0.1) is 12.0 Å². The highest BCUT2D eigenvalue weighted by Crippen LogP contribution is 2.30. The fourth-order valence-electron chi connectivity index (χ4n) is 2.10. The van der Waals surface area contributed by atoms with Gasteiger partial charge in [0.15, 0.2) is 8.68 Å². The van der Waals surface area contributed by atoms with Crippen LogP contribution in [0.5, 0.6) is 0 Å². The molecule has 1 N–H and O–H groups in total. The number of aromatic nitrogens is 2. The molecule has 0 saturated carbocycles. The van der Waals surface area contributed by atoms with Gasteiger partial charge in [-0.15, -0.1) is 10.2 Å².